The van der Waals surface area contributed by atoms with Gasteiger partial charge in [0.05, 0.1) is 7.11 Å². The summed E-state index contributed by atoms with van der Waals surface area (Å²) in [4.78, 5) is 4.12. The summed E-state index contributed by atoms with van der Waals surface area (Å²) in [5.41, 5.74) is 1.50. The standard InChI is InChI=1S/C18H20ClF2N3O2/c1-22-18(24-11-13-7-8-14(19)9-16(13)25-2)23-10-12-5-3-4-6-15(12)26-17(20)21/h3-9,17H,10-11H2,1-2H3,(H2,22,23,24). The maximum atomic E-state index is 12.5. The van der Waals surface area contributed by atoms with Gasteiger partial charge < -0.3 is 20.1 Å². The van der Waals surface area contributed by atoms with Crippen LogP contribution in [-0.2, 0) is 13.1 Å². The topological polar surface area (TPSA) is 54.9 Å². The zero-order valence-corrected chi connectivity index (χ0v) is 15.2. The highest BCUT2D eigenvalue weighted by atomic mass is 35.5. The zero-order valence-electron chi connectivity index (χ0n) is 14.4. The van der Waals surface area contributed by atoms with Gasteiger partial charge in [-0.1, -0.05) is 35.9 Å². The van der Waals surface area contributed by atoms with Gasteiger partial charge >= 0.3 is 6.61 Å². The second-order valence-corrected chi connectivity index (χ2v) is 5.66. The summed E-state index contributed by atoms with van der Waals surface area (Å²) >= 11 is 5.95. The molecule has 0 saturated heterocycles. The molecule has 0 spiro atoms. The van der Waals surface area contributed by atoms with E-state index in [0.717, 1.165) is 5.56 Å². The Bertz CT molecular complexity index is 757. The van der Waals surface area contributed by atoms with Crippen LogP contribution in [0.5, 0.6) is 11.5 Å². The van der Waals surface area contributed by atoms with E-state index < -0.39 is 6.61 Å². The molecular weight excluding hydrogens is 364 g/mol. The molecule has 0 radical (unpaired) electrons. The van der Waals surface area contributed by atoms with E-state index in [1.165, 1.54) is 6.07 Å². The van der Waals surface area contributed by atoms with Crippen molar-refractivity contribution < 1.29 is 18.3 Å². The highest BCUT2D eigenvalue weighted by Gasteiger charge is 2.10. The maximum absolute atomic E-state index is 12.5. The van der Waals surface area contributed by atoms with Gasteiger partial charge in [0.15, 0.2) is 5.96 Å². The number of guanidine groups is 1. The highest BCUT2D eigenvalue weighted by molar-refractivity contribution is 6.30. The Balaban J connectivity index is 1.97. The van der Waals surface area contributed by atoms with E-state index >= 15 is 0 Å². The Kier molecular flexibility index (Phi) is 7.47. The molecule has 0 aromatic heterocycles. The zero-order chi connectivity index (χ0) is 18.9. The molecule has 0 fully saturated rings. The van der Waals surface area contributed by atoms with E-state index in [0.29, 0.717) is 28.8 Å². The largest absolute Gasteiger partial charge is 0.496 e. The van der Waals surface area contributed by atoms with Crippen LogP contribution in [0.2, 0.25) is 5.02 Å². The van der Waals surface area contributed by atoms with Crippen LogP contribution in [0.25, 0.3) is 0 Å². The van der Waals surface area contributed by atoms with Gasteiger partial charge in [-0.05, 0) is 18.2 Å². The number of hydrogen-bond donors (Lipinski definition) is 2. The minimum absolute atomic E-state index is 0.129. The maximum Gasteiger partial charge on any atom is 0.387 e. The van der Waals surface area contributed by atoms with Crippen LogP contribution in [0.1, 0.15) is 11.1 Å². The smallest absolute Gasteiger partial charge is 0.387 e. The summed E-state index contributed by atoms with van der Waals surface area (Å²) in [5.74, 6) is 1.30. The summed E-state index contributed by atoms with van der Waals surface area (Å²) in [7, 11) is 3.19. The number of para-hydroxylation sites is 1. The predicted octanol–water partition coefficient (Wildman–Crippen LogP) is 3.82. The quantitative estimate of drug-likeness (QED) is 0.564. The Labute approximate surface area is 156 Å². The van der Waals surface area contributed by atoms with E-state index in [2.05, 4.69) is 20.4 Å². The van der Waals surface area contributed by atoms with E-state index in [1.807, 2.05) is 6.07 Å². The molecule has 2 N–H and O–H groups in total. The lowest BCUT2D eigenvalue weighted by molar-refractivity contribution is -0.0504. The summed E-state index contributed by atoms with van der Waals surface area (Å²) in [6.45, 7) is -2.14. The number of alkyl halides is 2. The van der Waals surface area contributed by atoms with Crippen molar-refractivity contribution in [3.8, 4) is 11.5 Å². The number of nitrogens with zero attached hydrogens (tertiary/aromatic N) is 1. The molecule has 2 aromatic rings. The molecule has 0 saturated carbocycles. The summed E-state index contributed by atoms with van der Waals surface area (Å²) in [6, 6.07) is 12.0. The molecular formula is C18H20ClF2N3O2. The van der Waals surface area contributed by atoms with E-state index in [1.54, 1.807) is 44.5 Å². The minimum Gasteiger partial charge on any atom is -0.496 e. The molecule has 26 heavy (non-hydrogen) atoms. The predicted molar refractivity (Wildman–Crippen MR) is 98.1 cm³/mol. The van der Waals surface area contributed by atoms with Crippen molar-refractivity contribution >= 4 is 17.6 Å². The highest BCUT2D eigenvalue weighted by Crippen LogP contribution is 2.23. The summed E-state index contributed by atoms with van der Waals surface area (Å²) in [5, 5.41) is 6.79. The van der Waals surface area contributed by atoms with Gasteiger partial charge in [-0.3, -0.25) is 4.99 Å². The van der Waals surface area contributed by atoms with Gasteiger partial charge in [-0.2, -0.15) is 8.78 Å². The van der Waals surface area contributed by atoms with Gasteiger partial charge in [0.25, 0.3) is 0 Å². The fraction of sp³-hybridized carbons (Fsp3) is 0.278. The monoisotopic (exact) mass is 383 g/mol. The molecule has 0 atom stereocenters. The molecule has 0 heterocycles. The number of methoxy groups -OCH3 is 1. The van der Waals surface area contributed by atoms with Crippen LogP contribution >= 0.6 is 11.6 Å². The molecule has 0 unspecified atom stereocenters. The molecule has 140 valence electrons. The Morgan fingerprint density at radius 3 is 2.35 bits per heavy atom. The van der Waals surface area contributed by atoms with Crippen LogP contribution < -0.4 is 20.1 Å². The second-order valence-electron chi connectivity index (χ2n) is 5.22. The number of hydrogen-bond acceptors (Lipinski definition) is 3. The number of halogens is 3. The summed E-state index contributed by atoms with van der Waals surface area (Å²) < 4.78 is 34.8. The lowest BCUT2D eigenvalue weighted by atomic mass is 10.2. The number of nitrogens with one attached hydrogen (secondary N) is 2. The van der Waals surface area contributed by atoms with E-state index in [9.17, 15) is 8.78 Å². The third-order valence-electron chi connectivity index (χ3n) is 3.55. The third-order valence-corrected chi connectivity index (χ3v) is 3.79. The molecule has 2 aromatic carbocycles. The Morgan fingerprint density at radius 2 is 1.73 bits per heavy atom. The second kappa shape index (κ2) is 9.82. The minimum atomic E-state index is -2.87. The van der Waals surface area contributed by atoms with E-state index in [4.69, 9.17) is 16.3 Å². The van der Waals surface area contributed by atoms with Gasteiger partial charge in [-0.15, -0.1) is 0 Å². The SMILES string of the molecule is CN=C(NCc1ccc(Cl)cc1OC)NCc1ccccc1OC(F)F. The van der Waals surface area contributed by atoms with Crippen molar-refractivity contribution in [2.45, 2.75) is 19.7 Å². The number of rotatable bonds is 7. The molecule has 0 bridgehead atoms. The van der Waals surface area contributed by atoms with Crippen LogP contribution in [0.15, 0.2) is 47.5 Å². The Morgan fingerprint density at radius 1 is 1.08 bits per heavy atom. The molecule has 2 rings (SSSR count). The Hall–Kier alpha value is -2.54. The summed E-state index contributed by atoms with van der Waals surface area (Å²) in [6.07, 6.45) is 0. The molecule has 0 aliphatic heterocycles. The van der Waals surface area contributed by atoms with Crippen LogP contribution in [0.4, 0.5) is 8.78 Å². The van der Waals surface area contributed by atoms with Gasteiger partial charge in [0.1, 0.15) is 11.5 Å². The van der Waals surface area contributed by atoms with Crippen molar-refractivity contribution in [2.24, 2.45) is 4.99 Å². The van der Waals surface area contributed by atoms with Crippen LogP contribution in [-0.4, -0.2) is 26.7 Å². The first-order valence-corrected chi connectivity index (χ1v) is 8.21. The molecule has 0 aliphatic rings. The van der Waals surface area contributed by atoms with Crippen molar-refractivity contribution in [1.82, 2.24) is 10.6 Å². The van der Waals surface area contributed by atoms with Gasteiger partial charge in [0.2, 0.25) is 0 Å². The molecule has 0 amide bonds. The fourth-order valence-corrected chi connectivity index (χ4v) is 2.47. The number of ether oxygens (including phenoxy) is 2. The van der Waals surface area contributed by atoms with E-state index in [-0.39, 0.29) is 12.3 Å². The first kappa shape index (κ1) is 19.8. The normalized spacial score (nSPS) is 11.4. The van der Waals surface area contributed by atoms with Gasteiger partial charge in [-0.25, -0.2) is 0 Å². The third kappa shape index (κ3) is 5.77. The number of benzene rings is 2. The fourth-order valence-electron chi connectivity index (χ4n) is 2.30. The van der Waals surface area contributed by atoms with Crippen molar-refractivity contribution in [3.05, 3.63) is 58.6 Å². The van der Waals surface area contributed by atoms with Crippen molar-refractivity contribution in [1.29, 1.82) is 0 Å². The first-order chi connectivity index (χ1) is 12.5. The average Bonchev–Trinajstić information content (AvgIpc) is 2.63. The first-order valence-electron chi connectivity index (χ1n) is 7.83. The lowest BCUT2D eigenvalue weighted by Gasteiger charge is -2.15. The average molecular weight is 384 g/mol. The lowest BCUT2D eigenvalue weighted by Crippen LogP contribution is -2.36. The molecule has 5 nitrogen and oxygen atoms in total. The van der Waals surface area contributed by atoms with Crippen LogP contribution in [0, 0.1) is 0 Å². The molecule has 8 heteroatoms. The van der Waals surface area contributed by atoms with Crippen molar-refractivity contribution in [3.63, 3.8) is 0 Å². The van der Waals surface area contributed by atoms with Crippen LogP contribution in [0.3, 0.4) is 0 Å². The molecule has 0 aliphatic carbocycles. The van der Waals surface area contributed by atoms with Gasteiger partial charge in [0, 0.05) is 36.3 Å². The number of aliphatic imine (C=N–C) groups is 1. The van der Waals surface area contributed by atoms with Crippen molar-refractivity contribution in [2.75, 3.05) is 14.2 Å².